The molecule has 1 unspecified atom stereocenters. The van der Waals surface area contributed by atoms with Gasteiger partial charge in [0.1, 0.15) is 17.7 Å². The zero-order valence-corrected chi connectivity index (χ0v) is 13.4. The molecule has 1 aliphatic rings. The van der Waals surface area contributed by atoms with Crippen molar-refractivity contribution in [3.05, 3.63) is 33.9 Å². The minimum Gasteiger partial charge on any atom is -0.370 e. The Morgan fingerprint density at radius 3 is 2.96 bits per heavy atom. The number of aromatic nitrogens is 4. The first-order valence-electron chi connectivity index (χ1n) is 6.93. The first-order valence-corrected chi connectivity index (χ1v) is 7.72. The summed E-state index contributed by atoms with van der Waals surface area (Å²) < 4.78 is 43.9. The number of nitrogens with zero attached hydrogens (tertiary/aromatic N) is 3. The predicted molar refractivity (Wildman–Crippen MR) is 78.6 cm³/mol. The number of pyridine rings is 1. The Balaban J connectivity index is 1.66. The van der Waals surface area contributed by atoms with E-state index in [0.717, 1.165) is 25.1 Å². The van der Waals surface area contributed by atoms with Gasteiger partial charge in [-0.2, -0.15) is 18.3 Å². The van der Waals surface area contributed by atoms with Gasteiger partial charge in [-0.15, -0.1) is 0 Å². The van der Waals surface area contributed by atoms with E-state index in [1.807, 2.05) is 0 Å². The van der Waals surface area contributed by atoms with E-state index in [-0.39, 0.29) is 22.9 Å². The van der Waals surface area contributed by atoms with Gasteiger partial charge in [-0.05, 0) is 34.8 Å². The third-order valence-electron chi connectivity index (χ3n) is 3.36. The molecule has 0 aromatic carbocycles. The molecule has 0 saturated carbocycles. The normalized spacial score (nSPS) is 18.3. The molecule has 1 saturated heterocycles. The summed E-state index contributed by atoms with van der Waals surface area (Å²) >= 11 is 2.85. The summed E-state index contributed by atoms with van der Waals surface area (Å²) in [5.74, 6) is 1.18. The fourth-order valence-electron chi connectivity index (χ4n) is 2.24. The van der Waals surface area contributed by atoms with E-state index in [1.165, 1.54) is 0 Å². The zero-order chi connectivity index (χ0) is 16.4. The summed E-state index contributed by atoms with van der Waals surface area (Å²) in [5.41, 5.74) is -0.785. The van der Waals surface area contributed by atoms with Gasteiger partial charge in [0.05, 0.1) is 12.1 Å². The Bertz CT molecular complexity index is 684. The van der Waals surface area contributed by atoms with Crippen LogP contribution in [-0.4, -0.2) is 26.8 Å². The summed E-state index contributed by atoms with van der Waals surface area (Å²) in [6.45, 7) is 0.876. The van der Waals surface area contributed by atoms with Crippen molar-refractivity contribution in [3.8, 4) is 0 Å². The Morgan fingerprint density at radius 2 is 2.26 bits per heavy atom. The minimum absolute atomic E-state index is 0.101. The average Bonchev–Trinajstić information content (AvgIpc) is 3.16. The fourth-order valence-corrected chi connectivity index (χ4v) is 2.68. The molecule has 23 heavy (non-hydrogen) atoms. The number of anilines is 1. The summed E-state index contributed by atoms with van der Waals surface area (Å²) in [6.07, 6.45) is -1.60. The van der Waals surface area contributed by atoms with Crippen LogP contribution in [0, 0.1) is 0 Å². The van der Waals surface area contributed by atoms with Crippen molar-refractivity contribution >= 4 is 21.7 Å². The van der Waals surface area contributed by atoms with Crippen LogP contribution in [0.15, 0.2) is 16.7 Å². The molecule has 0 bridgehead atoms. The Hall–Kier alpha value is -1.68. The third-order valence-corrected chi connectivity index (χ3v) is 4.00. The highest BCUT2D eigenvalue weighted by molar-refractivity contribution is 9.10. The number of alkyl halides is 3. The molecule has 1 atom stereocenters. The van der Waals surface area contributed by atoms with Crippen molar-refractivity contribution in [2.24, 2.45) is 0 Å². The van der Waals surface area contributed by atoms with Crippen molar-refractivity contribution in [2.75, 3.05) is 11.9 Å². The smallest absolute Gasteiger partial charge is 0.370 e. The van der Waals surface area contributed by atoms with Gasteiger partial charge >= 0.3 is 6.18 Å². The van der Waals surface area contributed by atoms with E-state index in [4.69, 9.17) is 4.74 Å². The van der Waals surface area contributed by atoms with Crippen LogP contribution < -0.4 is 5.32 Å². The van der Waals surface area contributed by atoms with Gasteiger partial charge in [-0.1, -0.05) is 0 Å². The molecule has 0 radical (unpaired) electrons. The van der Waals surface area contributed by atoms with E-state index < -0.39 is 11.7 Å². The molecule has 2 aromatic rings. The van der Waals surface area contributed by atoms with Crippen molar-refractivity contribution in [1.29, 1.82) is 0 Å². The maximum absolute atomic E-state index is 12.8. The SMILES string of the molecule is FC(F)(F)c1cc(NCc2nc(C3CCCO3)n[nH]2)ncc1Br. The van der Waals surface area contributed by atoms with Gasteiger partial charge in [0.25, 0.3) is 0 Å². The Labute approximate surface area is 138 Å². The van der Waals surface area contributed by atoms with Crippen LogP contribution in [0.1, 0.15) is 36.2 Å². The number of rotatable bonds is 4. The standard InChI is InChI=1S/C13H13BrF3N5O/c14-8-5-18-10(4-7(8)13(15,16)17)19-6-11-20-12(22-21-11)9-2-1-3-23-9/h4-5,9H,1-3,6H2,(H,18,19)(H,20,21,22). The maximum atomic E-state index is 12.8. The van der Waals surface area contributed by atoms with Crippen LogP contribution in [0.25, 0.3) is 0 Å². The number of aromatic amines is 1. The molecule has 2 N–H and O–H groups in total. The van der Waals surface area contributed by atoms with Gasteiger partial charge < -0.3 is 10.1 Å². The largest absolute Gasteiger partial charge is 0.417 e. The molecule has 3 heterocycles. The maximum Gasteiger partial charge on any atom is 0.417 e. The molecule has 1 aliphatic heterocycles. The highest BCUT2D eigenvalue weighted by Gasteiger charge is 2.33. The van der Waals surface area contributed by atoms with Gasteiger partial charge in [0, 0.05) is 17.3 Å². The molecule has 2 aromatic heterocycles. The third kappa shape index (κ3) is 3.81. The number of nitrogens with one attached hydrogen (secondary N) is 2. The highest BCUT2D eigenvalue weighted by Crippen LogP contribution is 2.35. The van der Waals surface area contributed by atoms with E-state index in [9.17, 15) is 13.2 Å². The second-order valence-electron chi connectivity index (χ2n) is 5.04. The number of H-pyrrole nitrogens is 1. The van der Waals surface area contributed by atoms with Gasteiger partial charge in [0.2, 0.25) is 0 Å². The average molecular weight is 392 g/mol. The summed E-state index contributed by atoms with van der Waals surface area (Å²) in [4.78, 5) is 8.19. The monoisotopic (exact) mass is 391 g/mol. The molecular formula is C13H13BrF3N5O. The van der Waals surface area contributed by atoms with E-state index in [1.54, 1.807) is 0 Å². The van der Waals surface area contributed by atoms with Crippen LogP contribution >= 0.6 is 15.9 Å². The van der Waals surface area contributed by atoms with Crippen molar-refractivity contribution < 1.29 is 17.9 Å². The van der Waals surface area contributed by atoms with Crippen molar-refractivity contribution in [2.45, 2.75) is 31.7 Å². The van der Waals surface area contributed by atoms with E-state index in [2.05, 4.69) is 41.4 Å². The van der Waals surface area contributed by atoms with Crippen LogP contribution in [-0.2, 0) is 17.5 Å². The number of ether oxygens (including phenoxy) is 1. The first-order chi connectivity index (χ1) is 10.9. The summed E-state index contributed by atoms with van der Waals surface area (Å²) in [7, 11) is 0. The molecule has 10 heteroatoms. The van der Waals surface area contributed by atoms with E-state index >= 15 is 0 Å². The zero-order valence-electron chi connectivity index (χ0n) is 11.8. The molecule has 0 spiro atoms. The molecular weight excluding hydrogens is 379 g/mol. The number of halogens is 4. The fraction of sp³-hybridized carbons (Fsp3) is 0.462. The molecule has 0 aliphatic carbocycles. The summed E-state index contributed by atoms with van der Waals surface area (Å²) in [6, 6.07) is 0.946. The number of hydrogen-bond donors (Lipinski definition) is 2. The molecule has 0 amide bonds. The quantitative estimate of drug-likeness (QED) is 0.834. The molecule has 3 rings (SSSR count). The second kappa shape index (κ2) is 6.44. The predicted octanol–water partition coefficient (Wildman–Crippen LogP) is 3.44. The molecule has 124 valence electrons. The minimum atomic E-state index is -4.45. The lowest BCUT2D eigenvalue weighted by Gasteiger charge is -2.11. The first kappa shape index (κ1) is 16.2. The van der Waals surface area contributed by atoms with E-state index in [0.29, 0.717) is 18.3 Å². The second-order valence-corrected chi connectivity index (χ2v) is 5.90. The van der Waals surface area contributed by atoms with Crippen LogP contribution in [0.2, 0.25) is 0 Å². The molecule has 1 fully saturated rings. The lowest BCUT2D eigenvalue weighted by molar-refractivity contribution is -0.138. The van der Waals surface area contributed by atoms with Crippen molar-refractivity contribution in [3.63, 3.8) is 0 Å². The lowest BCUT2D eigenvalue weighted by Crippen LogP contribution is -2.09. The molecule has 6 nitrogen and oxygen atoms in total. The van der Waals surface area contributed by atoms with Gasteiger partial charge in [-0.3, -0.25) is 5.10 Å². The highest BCUT2D eigenvalue weighted by atomic mass is 79.9. The van der Waals surface area contributed by atoms with Gasteiger partial charge in [-0.25, -0.2) is 9.97 Å². The van der Waals surface area contributed by atoms with Crippen molar-refractivity contribution in [1.82, 2.24) is 20.2 Å². The number of hydrogen-bond acceptors (Lipinski definition) is 5. The lowest BCUT2D eigenvalue weighted by atomic mass is 10.2. The Kier molecular flexibility index (Phi) is 4.53. The van der Waals surface area contributed by atoms with Crippen LogP contribution in [0.3, 0.4) is 0 Å². The summed E-state index contributed by atoms with van der Waals surface area (Å²) in [5, 5.41) is 9.62. The van der Waals surface area contributed by atoms with Gasteiger partial charge in [0.15, 0.2) is 5.82 Å². The Morgan fingerprint density at radius 1 is 1.43 bits per heavy atom. The van der Waals surface area contributed by atoms with Crippen LogP contribution in [0.4, 0.5) is 19.0 Å². The topological polar surface area (TPSA) is 75.7 Å². The van der Waals surface area contributed by atoms with Crippen LogP contribution in [0.5, 0.6) is 0 Å².